The Balaban J connectivity index is 2.20. The lowest BCUT2D eigenvalue weighted by Gasteiger charge is -2.38. The van der Waals surface area contributed by atoms with Gasteiger partial charge in [0.25, 0.3) is 0 Å². The van der Waals surface area contributed by atoms with Crippen LogP contribution in [0.2, 0.25) is 0 Å². The van der Waals surface area contributed by atoms with E-state index in [1.54, 1.807) is 0 Å². The molecule has 2 aliphatic carbocycles. The van der Waals surface area contributed by atoms with Crippen LogP contribution in [0.25, 0.3) is 0 Å². The Kier molecular flexibility index (Phi) is 9.14. The Morgan fingerprint density at radius 1 is 1.00 bits per heavy atom. The second-order valence-corrected chi connectivity index (χ2v) is 10.2. The van der Waals surface area contributed by atoms with E-state index in [2.05, 4.69) is 53.0 Å². The lowest BCUT2D eigenvalue weighted by molar-refractivity contribution is 0.00229. The maximum atomic E-state index is 6.81. The second kappa shape index (κ2) is 10.8. The van der Waals surface area contributed by atoms with Gasteiger partial charge in [-0.15, -0.1) is 11.8 Å². The van der Waals surface area contributed by atoms with Gasteiger partial charge in [-0.25, -0.2) is 0 Å². The largest absolute Gasteiger partial charge is 0.489 e. The summed E-state index contributed by atoms with van der Waals surface area (Å²) in [5, 5.41) is 0. The number of hydrogen-bond donors (Lipinski definition) is 0. The van der Waals surface area contributed by atoms with Crippen molar-refractivity contribution < 1.29 is 4.74 Å². The monoisotopic (exact) mass is 378 g/mol. The Morgan fingerprint density at radius 3 is 2.27 bits per heavy atom. The normalized spacial score (nSPS) is 29.5. The van der Waals surface area contributed by atoms with Crippen LogP contribution >= 0.6 is 11.8 Å². The summed E-state index contributed by atoms with van der Waals surface area (Å²) in [5.41, 5.74) is 0. The van der Waals surface area contributed by atoms with Crippen molar-refractivity contribution in [2.45, 2.75) is 92.1 Å². The minimum absolute atomic E-state index is 0.380. The number of rotatable bonds is 7. The fraction of sp³-hybridized carbons (Fsp3) is 0.833. The molecule has 0 bridgehead atoms. The molecule has 26 heavy (non-hydrogen) atoms. The topological polar surface area (TPSA) is 9.23 Å². The third-order valence-electron chi connectivity index (χ3n) is 6.22. The van der Waals surface area contributed by atoms with Gasteiger partial charge in [0.05, 0.1) is 0 Å². The van der Waals surface area contributed by atoms with E-state index in [0.29, 0.717) is 23.9 Å². The second-order valence-electron chi connectivity index (χ2n) is 9.39. The molecule has 0 amide bonds. The van der Waals surface area contributed by atoms with Gasteiger partial charge >= 0.3 is 0 Å². The van der Waals surface area contributed by atoms with E-state index >= 15 is 0 Å². The Bertz CT molecular complexity index is 471. The molecule has 0 aromatic heterocycles. The predicted molar refractivity (Wildman–Crippen MR) is 117 cm³/mol. The molecule has 2 aliphatic rings. The van der Waals surface area contributed by atoms with E-state index in [9.17, 15) is 0 Å². The van der Waals surface area contributed by atoms with Gasteiger partial charge in [-0.05, 0) is 67.6 Å². The molecule has 0 aromatic carbocycles. The van der Waals surface area contributed by atoms with Crippen LogP contribution in [0.15, 0.2) is 22.8 Å². The first-order chi connectivity index (χ1) is 12.4. The van der Waals surface area contributed by atoms with E-state index in [1.807, 2.05) is 11.8 Å². The summed E-state index contributed by atoms with van der Waals surface area (Å²) in [5.74, 6) is 4.62. The van der Waals surface area contributed by atoms with Crippen LogP contribution < -0.4 is 0 Å². The van der Waals surface area contributed by atoms with Gasteiger partial charge in [-0.2, -0.15) is 0 Å². The van der Waals surface area contributed by atoms with Crippen molar-refractivity contribution in [1.29, 1.82) is 0 Å². The molecule has 0 saturated heterocycles. The minimum atomic E-state index is 0.380. The predicted octanol–water partition coefficient (Wildman–Crippen LogP) is 7.83. The molecule has 3 atom stereocenters. The zero-order valence-corrected chi connectivity index (χ0v) is 18.9. The van der Waals surface area contributed by atoms with Gasteiger partial charge in [0, 0.05) is 4.91 Å². The van der Waals surface area contributed by atoms with Crippen LogP contribution in [0.4, 0.5) is 0 Å². The number of ether oxygens (including phenoxy) is 1. The summed E-state index contributed by atoms with van der Waals surface area (Å²) in [7, 11) is 0. The molecule has 1 nitrogen and oxygen atoms in total. The first-order valence-corrected chi connectivity index (χ1v) is 12.3. The van der Waals surface area contributed by atoms with Gasteiger partial charge in [0.2, 0.25) is 0 Å². The maximum Gasteiger partial charge on any atom is 0.129 e. The number of thioether (sulfide) groups is 1. The van der Waals surface area contributed by atoms with E-state index in [-0.39, 0.29) is 0 Å². The molecule has 2 fully saturated rings. The summed E-state index contributed by atoms with van der Waals surface area (Å²) < 4.78 is 6.81. The summed E-state index contributed by atoms with van der Waals surface area (Å²) in [6.07, 6.45) is 18.3. The number of hydrogen-bond acceptors (Lipinski definition) is 2. The lowest BCUT2D eigenvalue weighted by Crippen LogP contribution is -2.34. The molecule has 2 rings (SSSR count). The highest BCUT2D eigenvalue weighted by molar-refractivity contribution is 8.02. The van der Waals surface area contributed by atoms with Crippen molar-refractivity contribution in [3.8, 4) is 0 Å². The van der Waals surface area contributed by atoms with E-state index < -0.39 is 0 Å². The van der Waals surface area contributed by atoms with Crippen molar-refractivity contribution >= 4 is 11.8 Å². The average molecular weight is 379 g/mol. The van der Waals surface area contributed by atoms with Crippen molar-refractivity contribution in [2.75, 3.05) is 6.26 Å². The molecule has 0 spiro atoms. The zero-order chi connectivity index (χ0) is 19.1. The average Bonchev–Trinajstić information content (AvgIpc) is 2.59. The summed E-state index contributed by atoms with van der Waals surface area (Å²) in [4.78, 5) is 1.38. The smallest absolute Gasteiger partial charge is 0.129 e. The van der Waals surface area contributed by atoms with E-state index in [1.165, 1.54) is 62.0 Å². The van der Waals surface area contributed by atoms with Crippen LogP contribution in [-0.2, 0) is 4.74 Å². The molecule has 150 valence electrons. The van der Waals surface area contributed by atoms with Crippen molar-refractivity contribution in [3.63, 3.8) is 0 Å². The molecule has 0 heterocycles. The Hall–Kier alpha value is -0.370. The first-order valence-electron chi connectivity index (χ1n) is 11.0. The molecule has 0 radical (unpaired) electrons. The van der Waals surface area contributed by atoms with Gasteiger partial charge in [0.15, 0.2) is 0 Å². The summed E-state index contributed by atoms with van der Waals surface area (Å²) >= 11 is 1.88. The van der Waals surface area contributed by atoms with Gasteiger partial charge < -0.3 is 4.74 Å². The highest BCUT2D eigenvalue weighted by atomic mass is 32.2. The minimum Gasteiger partial charge on any atom is -0.489 e. The van der Waals surface area contributed by atoms with Crippen molar-refractivity contribution in [2.24, 2.45) is 29.6 Å². The third kappa shape index (κ3) is 6.66. The molecule has 0 aromatic rings. The van der Waals surface area contributed by atoms with Crippen LogP contribution in [0.3, 0.4) is 0 Å². The van der Waals surface area contributed by atoms with Crippen LogP contribution in [-0.4, -0.2) is 12.4 Å². The van der Waals surface area contributed by atoms with E-state index in [4.69, 9.17) is 4.74 Å². The van der Waals surface area contributed by atoms with Crippen LogP contribution in [0.5, 0.6) is 0 Å². The van der Waals surface area contributed by atoms with Crippen molar-refractivity contribution in [3.05, 3.63) is 22.8 Å². The maximum absolute atomic E-state index is 6.81. The standard InChI is InChI=1S/C24H42OS/c1-17(2)14-23(24(26-6)16-20-10-8-7-9-11-20)25-22-15-19(5)12-13-21(22)18(3)4/h14,16-22H,7-13,15H2,1-6H3/b23-14-,24-16-/t19-,21+,22-/m1/s1. The SMILES string of the molecule is CSC(=C\C1CCCCC1)/C(=C/C(C)C)O[C@@H]1C[C@H](C)CC[C@H]1C(C)C. The van der Waals surface area contributed by atoms with Gasteiger partial charge in [0.1, 0.15) is 11.9 Å². The quantitative estimate of drug-likeness (QED) is 0.330. The highest BCUT2D eigenvalue weighted by Crippen LogP contribution is 2.39. The molecular weight excluding hydrogens is 336 g/mol. The van der Waals surface area contributed by atoms with Gasteiger partial charge in [-0.1, -0.05) is 66.4 Å². The third-order valence-corrected chi connectivity index (χ3v) is 7.00. The Labute approximate surface area is 167 Å². The van der Waals surface area contributed by atoms with Crippen LogP contribution in [0.1, 0.15) is 86.0 Å². The Morgan fingerprint density at radius 2 is 1.69 bits per heavy atom. The van der Waals surface area contributed by atoms with Crippen LogP contribution in [0, 0.1) is 29.6 Å². The fourth-order valence-electron chi connectivity index (χ4n) is 4.66. The van der Waals surface area contributed by atoms with Gasteiger partial charge in [-0.3, -0.25) is 0 Å². The van der Waals surface area contributed by atoms with E-state index in [0.717, 1.165) is 11.8 Å². The molecule has 0 N–H and O–H groups in total. The highest BCUT2D eigenvalue weighted by Gasteiger charge is 2.33. The number of allylic oxidation sites excluding steroid dienone is 2. The molecule has 2 heteroatoms. The zero-order valence-electron chi connectivity index (χ0n) is 18.1. The first kappa shape index (κ1) is 21.9. The molecule has 0 aliphatic heterocycles. The summed E-state index contributed by atoms with van der Waals surface area (Å²) in [6, 6.07) is 0. The molecular formula is C24H42OS. The summed E-state index contributed by atoms with van der Waals surface area (Å²) in [6.45, 7) is 11.7. The van der Waals surface area contributed by atoms with Crippen molar-refractivity contribution in [1.82, 2.24) is 0 Å². The molecule has 0 unspecified atom stereocenters. The fourth-order valence-corrected chi connectivity index (χ4v) is 5.31. The molecule has 2 saturated carbocycles. The lowest BCUT2D eigenvalue weighted by atomic mass is 9.75.